The zero-order chi connectivity index (χ0) is 13.2. The number of carbonyl (C=O) groups is 1. The van der Waals surface area contributed by atoms with E-state index in [2.05, 4.69) is 4.98 Å². The van der Waals surface area contributed by atoms with Crippen LogP contribution in [0.15, 0.2) is 42.6 Å². The number of hydrogen-bond donors (Lipinski definition) is 0. The van der Waals surface area contributed by atoms with Crippen LogP contribution in [0.4, 0.5) is 13.2 Å². The monoisotopic (exact) mass is 251 g/mol. The third-order valence-electron chi connectivity index (χ3n) is 2.43. The van der Waals surface area contributed by atoms with Gasteiger partial charge >= 0.3 is 6.18 Å². The molecule has 18 heavy (non-hydrogen) atoms. The Balaban J connectivity index is 2.41. The first-order valence-electron chi connectivity index (χ1n) is 5.09. The summed E-state index contributed by atoms with van der Waals surface area (Å²) in [5.74, 6) is 0. The van der Waals surface area contributed by atoms with E-state index in [9.17, 15) is 18.0 Å². The molecule has 5 heteroatoms. The molecule has 0 unspecified atom stereocenters. The summed E-state index contributed by atoms with van der Waals surface area (Å²) in [7, 11) is 0. The molecule has 0 radical (unpaired) electrons. The zero-order valence-electron chi connectivity index (χ0n) is 9.11. The minimum atomic E-state index is -4.39. The quantitative estimate of drug-likeness (QED) is 0.763. The largest absolute Gasteiger partial charge is 0.416 e. The summed E-state index contributed by atoms with van der Waals surface area (Å²) in [5.41, 5.74) is 0.478. The highest BCUT2D eigenvalue weighted by Gasteiger charge is 2.30. The molecule has 0 amide bonds. The van der Waals surface area contributed by atoms with Crippen molar-refractivity contribution in [1.29, 1.82) is 0 Å². The number of nitrogens with zero attached hydrogens (tertiary/aromatic N) is 1. The Kier molecular flexibility index (Phi) is 3.14. The van der Waals surface area contributed by atoms with Crippen LogP contribution in [0.2, 0.25) is 0 Å². The fraction of sp³-hybridized carbons (Fsp3) is 0.0769. The van der Waals surface area contributed by atoms with Gasteiger partial charge in [0.1, 0.15) is 6.29 Å². The van der Waals surface area contributed by atoms with Gasteiger partial charge in [-0.25, -0.2) is 0 Å². The summed E-state index contributed by atoms with van der Waals surface area (Å²) in [6, 6.07) is 8.09. The number of aromatic nitrogens is 1. The molecule has 0 bridgehead atoms. The first-order chi connectivity index (χ1) is 8.50. The van der Waals surface area contributed by atoms with Crippen LogP contribution in [-0.2, 0) is 6.18 Å². The Morgan fingerprint density at radius 3 is 2.28 bits per heavy atom. The molecule has 0 N–H and O–H groups in total. The van der Waals surface area contributed by atoms with Gasteiger partial charge in [0, 0.05) is 17.3 Å². The number of hydrogen-bond acceptors (Lipinski definition) is 2. The minimum Gasteiger partial charge on any atom is -0.298 e. The summed E-state index contributed by atoms with van der Waals surface area (Å²) in [6.07, 6.45) is -2.60. The number of carbonyl (C=O) groups excluding carboxylic acids is 1. The van der Waals surface area contributed by atoms with Crippen molar-refractivity contribution in [2.75, 3.05) is 0 Å². The predicted molar refractivity (Wildman–Crippen MR) is 60.1 cm³/mol. The van der Waals surface area contributed by atoms with Gasteiger partial charge in [0.05, 0.1) is 11.3 Å². The highest BCUT2D eigenvalue weighted by molar-refractivity contribution is 5.76. The van der Waals surface area contributed by atoms with E-state index in [1.807, 2.05) is 0 Å². The maximum atomic E-state index is 12.5. The Morgan fingerprint density at radius 2 is 1.72 bits per heavy atom. The zero-order valence-corrected chi connectivity index (χ0v) is 9.11. The van der Waals surface area contributed by atoms with Crippen LogP contribution < -0.4 is 0 Å². The Morgan fingerprint density at radius 1 is 1.06 bits per heavy atom. The molecule has 0 aliphatic rings. The molecule has 1 aromatic carbocycles. The predicted octanol–water partition coefficient (Wildman–Crippen LogP) is 3.58. The van der Waals surface area contributed by atoms with Crippen LogP contribution in [0.1, 0.15) is 15.9 Å². The summed E-state index contributed by atoms with van der Waals surface area (Å²) in [6.45, 7) is 0. The van der Waals surface area contributed by atoms with Crippen molar-refractivity contribution in [2.45, 2.75) is 6.18 Å². The summed E-state index contributed by atoms with van der Waals surface area (Å²) in [5, 5.41) is 0. The highest BCUT2D eigenvalue weighted by atomic mass is 19.4. The van der Waals surface area contributed by atoms with Crippen LogP contribution in [-0.4, -0.2) is 11.3 Å². The lowest BCUT2D eigenvalue weighted by atomic mass is 10.1. The van der Waals surface area contributed by atoms with Gasteiger partial charge in [-0.15, -0.1) is 0 Å². The van der Waals surface area contributed by atoms with E-state index in [1.165, 1.54) is 12.1 Å². The normalized spacial score (nSPS) is 11.3. The van der Waals surface area contributed by atoms with Gasteiger partial charge < -0.3 is 0 Å². The molecular weight excluding hydrogens is 243 g/mol. The average Bonchev–Trinajstić information content (AvgIpc) is 2.38. The lowest BCUT2D eigenvalue weighted by molar-refractivity contribution is -0.137. The Labute approximate surface area is 101 Å². The van der Waals surface area contributed by atoms with Crippen molar-refractivity contribution in [2.24, 2.45) is 0 Å². The van der Waals surface area contributed by atoms with Crippen LogP contribution in [0.3, 0.4) is 0 Å². The number of benzene rings is 1. The molecule has 0 aliphatic carbocycles. The summed E-state index contributed by atoms with van der Waals surface area (Å²) in [4.78, 5) is 14.4. The van der Waals surface area contributed by atoms with E-state index < -0.39 is 11.7 Å². The molecule has 2 aromatic rings. The molecular formula is C13H8F3NO. The average molecular weight is 251 g/mol. The van der Waals surface area contributed by atoms with Crippen LogP contribution in [0.5, 0.6) is 0 Å². The molecule has 0 saturated heterocycles. The number of alkyl halides is 3. The molecule has 1 heterocycles. The molecule has 0 saturated carbocycles. The summed E-state index contributed by atoms with van der Waals surface area (Å²) < 4.78 is 37.6. The standard InChI is InChI=1S/C13H8F3NO/c14-13(15,16)11-5-6-17-12(7-11)10-3-1-9(8-18)2-4-10/h1-8H. The van der Waals surface area contributed by atoms with Crippen LogP contribution in [0.25, 0.3) is 11.3 Å². The molecule has 0 atom stereocenters. The van der Waals surface area contributed by atoms with Gasteiger partial charge in [-0.05, 0) is 12.1 Å². The van der Waals surface area contributed by atoms with Gasteiger partial charge in [-0.2, -0.15) is 13.2 Å². The second-order valence-electron chi connectivity index (χ2n) is 3.67. The lowest BCUT2D eigenvalue weighted by Crippen LogP contribution is -2.05. The molecule has 0 spiro atoms. The van der Waals surface area contributed by atoms with E-state index in [-0.39, 0.29) is 5.69 Å². The summed E-state index contributed by atoms with van der Waals surface area (Å²) >= 11 is 0. The van der Waals surface area contributed by atoms with E-state index in [0.717, 1.165) is 18.3 Å². The van der Waals surface area contributed by atoms with Gasteiger partial charge in [0.2, 0.25) is 0 Å². The van der Waals surface area contributed by atoms with Crippen molar-refractivity contribution < 1.29 is 18.0 Å². The Bertz CT molecular complexity index is 561. The third kappa shape index (κ3) is 2.56. The van der Waals surface area contributed by atoms with Crippen LogP contribution in [0, 0.1) is 0 Å². The molecule has 0 fully saturated rings. The minimum absolute atomic E-state index is 0.224. The van der Waals surface area contributed by atoms with E-state index >= 15 is 0 Å². The second kappa shape index (κ2) is 4.60. The molecule has 0 aliphatic heterocycles. The van der Waals surface area contributed by atoms with Gasteiger partial charge in [-0.1, -0.05) is 24.3 Å². The van der Waals surface area contributed by atoms with Crippen molar-refractivity contribution in [3.8, 4) is 11.3 Å². The number of aldehydes is 1. The fourth-order valence-corrected chi connectivity index (χ4v) is 1.50. The first kappa shape index (κ1) is 12.3. The van der Waals surface area contributed by atoms with Crippen LogP contribution >= 0.6 is 0 Å². The molecule has 92 valence electrons. The highest BCUT2D eigenvalue weighted by Crippen LogP contribution is 2.31. The molecule has 2 nitrogen and oxygen atoms in total. The lowest BCUT2D eigenvalue weighted by Gasteiger charge is -2.08. The van der Waals surface area contributed by atoms with Crippen molar-refractivity contribution in [3.05, 3.63) is 53.7 Å². The van der Waals surface area contributed by atoms with Gasteiger partial charge in [0.15, 0.2) is 0 Å². The smallest absolute Gasteiger partial charge is 0.298 e. The number of rotatable bonds is 2. The van der Waals surface area contributed by atoms with E-state index in [0.29, 0.717) is 17.4 Å². The number of halogens is 3. The maximum absolute atomic E-state index is 12.5. The van der Waals surface area contributed by atoms with Crippen molar-refractivity contribution in [1.82, 2.24) is 4.98 Å². The molecule has 1 aromatic heterocycles. The fourth-order valence-electron chi connectivity index (χ4n) is 1.50. The van der Waals surface area contributed by atoms with E-state index in [4.69, 9.17) is 0 Å². The van der Waals surface area contributed by atoms with Crippen molar-refractivity contribution >= 4 is 6.29 Å². The van der Waals surface area contributed by atoms with Gasteiger partial charge in [-0.3, -0.25) is 9.78 Å². The maximum Gasteiger partial charge on any atom is 0.416 e. The van der Waals surface area contributed by atoms with E-state index in [1.54, 1.807) is 12.1 Å². The topological polar surface area (TPSA) is 30.0 Å². The molecule has 2 rings (SSSR count). The third-order valence-corrected chi connectivity index (χ3v) is 2.43. The van der Waals surface area contributed by atoms with Crippen molar-refractivity contribution in [3.63, 3.8) is 0 Å². The first-order valence-corrected chi connectivity index (χ1v) is 5.09. The number of pyridine rings is 1. The SMILES string of the molecule is O=Cc1ccc(-c2cc(C(F)(F)F)ccn2)cc1. The van der Waals surface area contributed by atoms with Gasteiger partial charge in [0.25, 0.3) is 0 Å². The second-order valence-corrected chi connectivity index (χ2v) is 3.67. The Hall–Kier alpha value is -2.17.